The molecule has 1 fully saturated rings. The van der Waals surface area contributed by atoms with Crippen LogP contribution in [0.15, 0.2) is 61.9 Å². The predicted octanol–water partition coefficient (Wildman–Crippen LogP) is 4.42. The fourth-order valence-corrected chi connectivity index (χ4v) is 5.95. The molecule has 3 aromatic rings. The SMILES string of the molecule is CC1=C(C(=O)OC(C)C)C(c2ccccc2Cl)n2c(sc(=Cc3ccc(N4CCCCC4)o3)c2=O)=N1. The summed E-state index contributed by atoms with van der Waals surface area (Å²) in [6.45, 7) is 7.28. The van der Waals surface area contributed by atoms with Crippen LogP contribution in [-0.4, -0.2) is 29.7 Å². The number of aromatic nitrogens is 1. The average Bonchev–Trinajstić information content (AvgIpc) is 3.43. The van der Waals surface area contributed by atoms with Gasteiger partial charge in [0.05, 0.1) is 21.9 Å². The monoisotopic (exact) mass is 525 g/mol. The number of ether oxygens (including phenoxy) is 1. The van der Waals surface area contributed by atoms with E-state index >= 15 is 0 Å². The largest absolute Gasteiger partial charge is 0.459 e. The Bertz CT molecular complexity index is 1510. The van der Waals surface area contributed by atoms with E-state index in [0.717, 1.165) is 31.8 Å². The molecule has 2 aromatic heterocycles. The number of anilines is 1. The molecule has 9 heteroatoms. The molecule has 2 aliphatic heterocycles. The van der Waals surface area contributed by atoms with Crippen LogP contribution in [-0.2, 0) is 9.53 Å². The second-order valence-corrected chi connectivity index (χ2v) is 10.7. The van der Waals surface area contributed by atoms with Gasteiger partial charge in [-0.1, -0.05) is 41.1 Å². The van der Waals surface area contributed by atoms with Crippen molar-refractivity contribution in [2.45, 2.75) is 52.2 Å². The van der Waals surface area contributed by atoms with Gasteiger partial charge in [0.1, 0.15) is 11.8 Å². The minimum Gasteiger partial charge on any atom is -0.459 e. The molecular weight excluding hydrogens is 498 g/mol. The van der Waals surface area contributed by atoms with Gasteiger partial charge in [-0.15, -0.1) is 0 Å². The third kappa shape index (κ3) is 4.67. The number of furan rings is 1. The number of fused-ring (bicyclic) bond motifs is 1. The molecular formula is C27H28ClN3O4S. The van der Waals surface area contributed by atoms with E-state index in [4.69, 9.17) is 20.8 Å². The molecule has 0 N–H and O–H groups in total. The number of piperidine rings is 1. The van der Waals surface area contributed by atoms with E-state index in [2.05, 4.69) is 9.89 Å². The van der Waals surface area contributed by atoms with Gasteiger partial charge in [-0.05, 0) is 57.7 Å². The van der Waals surface area contributed by atoms with Crippen LogP contribution < -0.4 is 19.8 Å². The van der Waals surface area contributed by atoms with Crippen molar-refractivity contribution in [3.05, 3.63) is 83.7 Å². The lowest BCUT2D eigenvalue weighted by Crippen LogP contribution is -2.40. The van der Waals surface area contributed by atoms with Crippen LogP contribution in [0.5, 0.6) is 0 Å². The molecule has 2 aliphatic rings. The molecule has 1 atom stereocenters. The van der Waals surface area contributed by atoms with Crippen LogP contribution in [0, 0.1) is 0 Å². The summed E-state index contributed by atoms with van der Waals surface area (Å²) in [6, 6.07) is 10.3. The van der Waals surface area contributed by atoms with E-state index in [1.54, 1.807) is 32.9 Å². The number of hydrogen-bond donors (Lipinski definition) is 0. The highest BCUT2D eigenvalue weighted by Crippen LogP contribution is 2.34. The summed E-state index contributed by atoms with van der Waals surface area (Å²) in [4.78, 5) is 34.2. The van der Waals surface area contributed by atoms with Gasteiger partial charge in [-0.25, -0.2) is 9.79 Å². The molecule has 1 aromatic carbocycles. The topological polar surface area (TPSA) is 77.0 Å². The Hall–Kier alpha value is -3.10. The number of carbonyl (C=O) groups excluding carboxylic acids is 1. The van der Waals surface area contributed by atoms with E-state index < -0.39 is 12.0 Å². The highest BCUT2D eigenvalue weighted by molar-refractivity contribution is 7.07. The standard InChI is InChI=1S/C27H28ClN3O4S/c1-16(2)34-26(33)23-17(3)29-27-31(24(23)19-9-5-6-10-20(19)28)25(32)21(36-27)15-18-11-12-22(35-18)30-13-7-4-8-14-30/h5-6,9-12,15-16,24H,4,7-8,13-14H2,1-3H3. The summed E-state index contributed by atoms with van der Waals surface area (Å²) in [7, 11) is 0. The highest BCUT2D eigenvalue weighted by Gasteiger charge is 2.34. The summed E-state index contributed by atoms with van der Waals surface area (Å²) >= 11 is 7.83. The van der Waals surface area contributed by atoms with Crippen molar-refractivity contribution >= 4 is 40.9 Å². The molecule has 0 spiro atoms. The molecule has 1 saturated heterocycles. The molecule has 0 radical (unpaired) electrons. The number of thiazole rings is 1. The Balaban J connectivity index is 1.62. The van der Waals surface area contributed by atoms with E-state index in [1.807, 2.05) is 30.3 Å². The first-order valence-corrected chi connectivity index (χ1v) is 13.4. The fourth-order valence-electron chi connectivity index (χ4n) is 4.68. The Morgan fingerprint density at radius 3 is 2.67 bits per heavy atom. The number of rotatable bonds is 5. The number of benzene rings is 1. The summed E-state index contributed by atoms with van der Waals surface area (Å²) in [6.07, 6.45) is 4.97. The van der Waals surface area contributed by atoms with E-state index in [1.165, 1.54) is 22.3 Å². The highest BCUT2D eigenvalue weighted by atomic mass is 35.5. The summed E-state index contributed by atoms with van der Waals surface area (Å²) in [5.74, 6) is 0.908. The molecule has 188 valence electrons. The molecule has 0 amide bonds. The number of esters is 1. The van der Waals surface area contributed by atoms with Gasteiger partial charge < -0.3 is 14.1 Å². The number of allylic oxidation sites excluding steroid dienone is 1. The van der Waals surface area contributed by atoms with Gasteiger partial charge in [-0.3, -0.25) is 9.36 Å². The third-order valence-electron chi connectivity index (χ3n) is 6.34. The maximum Gasteiger partial charge on any atom is 0.338 e. The van der Waals surface area contributed by atoms with Gasteiger partial charge in [-0.2, -0.15) is 0 Å². The lowest BCUT2D eigenvalue weighted by molar-refractivity contribution is -0.143. The first-order chi connectivity index (χ1) is 17.3. The average molecular weight is 526 g/mol. The summed E-state index contributed by atoms with van der Waals surface area (Å²) < 4.78 is 13.6. The molecule has 36 heavy (non-hydrogen) atoms. The normalized spacial score (nSPS) is 18.4. The van der Waals surface area contributed by atoms with Crippen molar-refractivity contribution in [3.8, 4) is 0 Å². The van der Waals surface area contributed by atoms with Crippen LogP contribution in [0.3, 0.4) is 0 Å². The van der Waals surface area contributed by atoms with Gasteiger partial charge in [0.25, 0.3) is 5.56 Å². The number of carbonyl (C=O) groups is 1. The first-order valence-electron chi connectivity index (χ1n) is 12.2. The zero-order valence-corrected chi connectivity index (χ0v) is 22.1. The smallest absolute Gasteiger partial charge is 0.338 e. The van der Waals surface area contributed by atoms with Crippen LogP contribution in [0.2, 0.25) is 5.02 Å². The number of hydrogen-bond acceptors (Lipinski definition) is 7. The van der Waals surface area contributed by atoms with Crippen molar-refractivity contribution in [1.82, 2.24) is 4.57 Å². The molecule has 0 bridgehead atoms. The minimum absolute atomic E-state index is 0.262. The minimum atomic E-state index is -0.746. The van der Waals surface area contributed by atoms with Gasteiger partial charge in [0.2, 0.25) is 0 Å². The number of nitrogens with zero attached hydrogens (tertiary/aromatic N) is 3. The molecule has 0 aliphatic carbocycles. The van der Waals surface area contributed by atoms with Crippen LogP contribution in [0.1, 0.15) is 57.4 Å². The van der Waals surface area contributed by atoms with Crippen molar-refractivity contribution in [3.63, 3.8) is 0 Å². The van der Waals surface area contributed by atoms with E-state index in [0.29, 0.717) is 37.0 Å². The summed E-state index contributed by atoms with van der Waals surface area (Å²) in [5.41, 5.74) is 1.19. The fraction of sp³-hybridized carbons (Fsp3) is 0.370. The summed E-state index contributed by atoms with van der Waals surface area (Å²) in [5, 5.41) is 0.457. The van der Waals surface area contributed by atoms with E-state index in [-0.39, 0.29) is 11.7 Å². The molecule has 5 rings (SSSR count). The van der Waals surface area contributed by atoms with Crippen molar-refractivity contribution in [2.24, 2.45) is 4.99 Å². The van der Waals surface area contributed by atoms with Crippen molar-refractivity contribution in [2.75, 3.05) is 18.0 Å². The third-order valence-corrected chi connectivity index (χ3v) is 7.66. The lowest BCUT2D eigenvalue weighted by Gasteiger charge is -2.26. The van der Waals surface area contributed by atoms with Gasteiger partial charge >= 0.3 is 5.97 Å². The lowest BCUT2D eigenvalue weighted by atomic mass is 9.96. The maximum atomic E-state index is 13.7. The van der Waals surface area contributed by atoms with Crippen LogP contribution in [0.4, 0.5) is 5.88 Å². The Morgan fingerprint density at radius 1 is 1.19 bits per heavy atom. The van der Waals surface area contributed by atoms with Crippen molar-refractivity contribution < 1.29 is 13.9 Å². The Labute approximate surface area is 218 Å². The Kier molecular flexibility index (Phi) is 6.90. The predicted molar refractivity (Wildman–Crippen MR) is 141 cm³/mol. The zero-order valence-electron chi connectivity index (χ0n) is 20.5. The second-order valence-electron chi connectivity index (χ2n) is 9.28. The quantitative estimate of drug-likeness (QED) is 0.461. The molecule has 7 nitrogen and oxygen atoms in total. The first kappa shape index (κ1) is 24.6. The van der Waals surface area contributed by atoms with E-state index in [9.17, 15) is 9.59 Å². The second kappa shape index (κ2) is 10.1. The number of halogens is 1. The zero-order chi connectivity index (χ0) is 25.4. The van der Waals surface area contributed by atoms with Crippen LogP contribution in [0.25, 0.3) is 6.08 Å². The van der Waals surface area contributed by atoms with Gasteiger partial charge in [0.15, 0.2) is 10.7 Å². The maximum absolute atomic E-state index is 13.7. The van der Waals surface area contributed by atoms with Crippen molar-refractivity contribution in [1.29, 1.82) is 0 Å². The van der Waals surface area contributed by atoms with Crippen LogP contribution >= 0.6 is 22.9 Å². The molecule has 0 saturated carbocycles. The molecule has 4 heterocycles. The van der Waals surface area contributed by atoms with Gasteiger partial charge in [0, 0.05) is 30.3 Å². The Morgan fingerprint density at radius 2 is 1.94 bits per heavy atom. The molecule has 1 unspecified atom stereocenters.